The van der Waals surface area contributed by atoms with Gasteiger partial charge in [-0.1, -0.05) is 12.5 Å². The van der Waals surface area contributed by atoms with Gasteiger partial charge >= 0.3 is 0 Å². The van der Waals surface area contributed by atoms with Crippen LogP contribution in [0.1, 0.15) is 32.6 Å². The lowest BCUT2D eigenvalue weighted by atomic mass is 10.2. The molecule has 60 valence electrons. The summed E-state index contributed by atoms with van der Waals surface area (Å²) in [6.45, 7) is 1.70. The van der Waals surface area contributed by atoms with Crippen molar-refractivity contribution in [2.45, 2.75) is 32.6 Å². The number of unbranched alkanes of at least 4 members (excludes halogenated alkanes) is 3. The molecule has 0 saturated carbocycles. The van der Waals surface area contributed by atoms with E-state index in [1.54, 1.807) is 6.08 Å². The van der Waals surface area contributed by atoms with Crippen molar-refractivity contribution >= 4 is 0 Å². The zero-order valence-corrected chi connectivity index (χ0v) is 6.44. The third-order valence-corrected chi connectivity index (χ3v) is 1.29. The van der Waals surface area contributed by atoms with Gasteiger partial charge in [-0.25, -0.2) is 4.39 Å². The maximum absolute atomic E-state index is 12.0. The van der Waals surface area contributed by atoms with Crippen LogP contribution in [-0.2, 0) is 0 Å². The van der Waals surface area contributed by atoms with Crippen LogP contribution < -0.4 is 0 Å². The molecule has 0 spiro atoms. The van der Waals surface area contributed by atoms with Gasteiger partial charge in [-0.05, 0) is 26.2 Å². The van der Waals surface area contributed by atoms with Gasteiger partial charge in [0.15, 0.2) is 0 Å². The summed E-state index contributed by atoms with van der Waals surface area (Å²) in [7, 11) is 0. The first-order valence-electron chi connectivity index (χ1n) is 3.70. The summed E-state index contributed by atoms with van der Waals surface area (Å²) in [5.74, 6) is -0.107. The Kier molecular flexibility index (Phi) is 6.50. The fourth-order valence-corrected chi connectivity index (χ4v) is 0.734. The normalized spacial score (nSPS) is 12.1. The van der Waals surface area contributed by atoms with E-state index < -0.39 is 0 Å². The van der Waals surface area contributed by atoms with Gasteiger partial charge in [-0.2, -0.15) is 0 Å². The summed E-state index contributed by atoms with van der Waals surface area (Å²) in [6.07, 6.45) is 5.17. The molecule has 0 rings (SSSR count). The number of rotatable bonds is 5. The predicted molar refractivity (Wildman–Crippen MR) is 40.4 cm³/mol. The SMILES string of the molecule is C/C(F)=C/CCCCCO. The topological polar surface area (TPSA) is 20.2 Å². The first-order valence-corrected chi connectivity index (χ1v) is 3.70. The molecule has 0 aliphatic rings. The van der Waals surface area contributed by atoms with Crippen molar-refractivity contribution in [3.8, 4) is 0 Å². The summed E-state index contributed by atoms with van der Waals surface area (Å²) in [5.41, 5.74) is 0. The van der Waals surface area contributed by atoms with E-state index in [0.717, 1.165) is 25.7 Å². The summed E-state index contributed by atoms with van der Waals surface area (Å²) < 4.78 is 12.0. The highest BCUT2D eigenvalue weighted by atomic mass is 19.1. The smallest absolute Gasteiger partial charge is 0.0928 e. The first-order chi connectivity index (χ1) is 4.77. The van der Waals surface area contributed by atoms with E-state index in [4.69, 9.17) is 5.11 Å². The third kappa shape index (κ3) is 7.63. The molecular weight excluding hydrogens is 131 g/mol. The molecule has 0 saturated heterocycles. The summed E-state index contributed by atoms with van der Waals surface area (Å²) in [4.78, 5) is 0. The second-order valence-electron chi connectivity index (χ2n) is 2.36. The molecular formula is C8H15FO. The van der Waals surface area contributed by atoms with Crippen molar-refractivity contribution in [3.63, 3.8) is 0 Å². The Morgan fingerprint density at radius 1 is 1.40 bits per heavy atom. The molecule has 0 atom stereocenters. The van der Waals surface area contributed by atoms with Crippen molar-refractivity contribution in [1.29, 1.82) is 0 Å². The maximum atomic E-state index is 12.0. The van der Waals surface area contributed by atoms with Crippen molar-refractivity contribution in [2.75, 3.05) is 6.61 Å². The standard InChI is InChI=1S/C8H15FO/c1-8(9)6-4-2-3-5-7-10/h6,10H,2-5,7H2,1H3/b8-6-. The molecule has 0 aromatic carbocycles. The minimum absolute atomic E-state index is 0.107. The van der Waals surface area contributed by atoms with Gasteiger partial charge in [0.05, 0.1) is 5.83 Å². The summed E-state index contributed by atoms with van der Waals surface area (Å²) in [5, 5.41) is 8.39. The van der Waals surface area contributed by atoms with Crippen LogP contribution in [0, 0.1) is 0 Å². The van der Waals surface area contributed by atoms with E-state index >= 15 is 0 Å². The van der Waals surface area contributed by atoms with Gasteiger partial charge in [0, 0.05) is 6.61 Å². The molecule has 1 nitrogen and oxygen atoms in total. The first kappa shape index (κ1) is 9.63. The Morgan fingerprint density at radius 2 is 2.10 bits per heavy atom. The van der Waals surface area contributed by atoms with E-state index in [9.17, 15) is 4.39 Å². The molecule has 0 heterocycles. The summed E-state index contributed by atoms with van der Waals surface area (Å²) >= 11 is 0. The molecule has 2 heteroatoms. The highest BCUT2D eigenvalue weighted by Crippen LogP contribution is 2.03. The van der Waals surface area contributed by atoms with Gasteiger partial charge < -0.3 is 5.11 Å². The Hall–Kier alpha value is -0.370. The van der Waals surface area contributed by atoms with E-state index in [2.05, 4.69) is 0 Å². The van der Waals surface area contributed by atoms with Crippen LogP contribution in [0.2, 0.25) is 0 Å². The second-order valence-corrected chi connectivity index (χ2v) is 2.36. The van der Waals surface area contributed by atoms with Crippen molar-refractivity contribution in [3.05, 3.63) is 11.9 Å². The molecule has 0 aliphatic heterocycles. The minimum Gasteiger partial charge on any atom is -0.396 e. The van der Waals surface area contributed by atoms with Crippen molar-refractivity contribution in [2.24, 2.45) is 0 Å². The average molecular weight is 146 g/mol. The average Bonchev–Trinajstić information content (AvgIpc) is 1.87. The lowest BCUT2D eigenvalue weighted by molar-refractivity contribution is 0.283. The number of hydrogen-bond donors (Lipinski definition) is 1. The van der Waals surface area contributed by atoms with Crippen LogP contribution in [0.15, 0.2) is 11.9 Å². The number of halogens is 1. The Bertz CT molecular complexity index is 95.4. The van der Waals surface area contributed by atoms with Crippen molar-refractivity contribution < 1.29 is 9.50 Å². The van der Waals surface area contributed by atoms with Crippen molar-refractivity contribution in [1.82, 2.24) is 0 Å². The molecule has 10 heavy (non-hydrogen) atoms. The molecule has 0 aromatic rings. The third-order valence-electron chi connectivity index (χ3n) is 1.29. The van der Waals surface area contributed by atoms with Crippen LogP contribution in [0.25, 0.3) is 0 Å². The highest BCUT2D eigenvalue weighted by Gasteiger charge is 1.86. The maximum Gasteiger partial charge on any atom is 0.0928 e. The number of allylic oxidation sites excluding steroid dienone is 2. The van der Waals surface area contributed by atoms with Crippen LogP contribution in [-0.4, -0.2) is 11.7 Å². The van der Waals surface area contributed by atoms with Gasteiger partial charge in [0.2, 0.25) is 0 Å². The van der Waals surface area contributed by atoms with Gasteiger partial charge in [-0.3, -0.25) is 0 Å². The van der Waals surface area contributed by atoms with E-state index in [1.165, 1.54) is 6.92 Å². The fraction of sp³-hybridized carbons (Fsp3) is 0.750. The molecule has 0 aromatic heterocycles. The molecule has 0 bridgehead atoms. The molecule has 0 fully saturated rings. The minimum atomic E-state index is -0.107. The molecule has 0 aliphatic carbocycles. The number of aliphatic hydroxyl groups excluding tert-OH is 1. The molecule has 0 radical (unpaired) electrons. The van der Waals surface area contributed by atoms with Gasteiger partial charge in [0.1, 0.15) is 0 Å². The van der Waals surface area contributed by atoms with Crippen LogP contribution >= 0.6 is 0 Å². The molecule has 0 unspecified atom stereocenters. The lowest BCUT2D eigenvalue weighted by Crippen LogP contribution is -1.81. The molecule has 0 amide bonds. The van der Waals surface area contributed by atoms with Gasteiger partial charge in [0.25, 0.3) is 0 Å². The largest absolute Gasteiger partial charge is 0.396 e. The number of aliphatic hydroxyl groups is 1. The fourth-order valence-electron chi connectivity index (χ4n) is 0.734. The van der Waals surface area contributed by atoms with Crippen LogP contribution in [0.4, 0.5) is 4.39 Å². The Labute approximate surface area is 61.6 Å². The van der Waals surface area contributed by atoms with Crippen LogP contribution in [0.5, 0.6) is 0 Å². The van der Waals surface area contributed by atoms with Gasteiger partial charge in [-0.15, -0.1) is 0 Å². The number of hydrogen-bond acceptors (Lipinski definition) is 1. The lowest BCUT2D eigenvalue weighted by Gasteiger charge is -1.93. The Morgan fingerprint density at radius 3 is 2.60 bits per heavy atom. The highest BCUT2D eigenvalue weighted by molar-refractivity contribution is 4.85. The predicted octanol–water partition coefficient (Wildman–Crippen LogP) is 2.41. The zero-order valence-electron chi connectivity index (χ0n) is 6.44. The second kappa shape index (κ2) is 6.75. The summed E-state index contributed by atoms with van der Waals surface area (Å²) in [6, 6.07) is 0. The van der Waals surface area contributed by atoms with E-state index in [0.29, 0.717) is 0 Å². The quantitative estimate of drug-likeness (QED) is 0.590. The van der Waals surface area contributed by atoms with E-state index in [-0.39, 0.29) is 12.4 Å². The molecule has 1 N–H and O–H groups in total. The zero-order chi connectivity index (χ0) is 7.82. The van der Waals surface area contributed by atoms with Crippen LogP contribution in [0.3, 0.4) is 0 Å². The van der Waals surface area contributed by atoms with E-state index in [1.807, 2.05) is 0 Å². The Balaban J connectivity index is 2.98. The monoisotopic (exact) mass is 146 g/mol.